The van der Waals surface area contributed by atoms with Gasteiger partial charge in [0.15, 0.2) is 6.10 Å². The van der Waals surface area contributed by atoms with Gasteiger partial charge in [0.25, 0.3) is 5.91 Å². The molecule has 11 heteroatoms. The summed E-state index contributed by atoms with van der Waals surface area (Å²) in [5.74, 6) is -1.85. The van der Waals surface area contributed by atoms with Crippen molar-refractivity contribution >= 4 is 23.6 Å². The van der Waals surface area contributed by atoms with Crippen LogP contribution < -0.4 is 10.6 Å². The molecule has 26 heavy (non-hydrogen) atoms. The lowest BCUT2D eigenvalue weighted by Crippen LogP contribution is -2.39. The number of ether oxygens (including phenoxy) is 1. The summed E-state index contributed by atoms with van der Waals surface area (Å²) in [6, 6.07) is 5.17. The van der Waals surface area contributed by atoms with Gasteiger partial charge in [-0.15, -0.1) is 0 Å². The maximum atomic E-state index is 12.8. The number of benzene rings is 1. The van der Waals surface area contributed by atoms with Crippen LogP contribution in [-0.4, -0.2) is 34.6 Å². The van der Waals surface area contributed by atoms with Gasteiger partial charge in [-0.1, -0.05) is 23.7 Å². The molecule has 0 bridgehead atoms. The summed E-state index contributed by atoms with van der Waals surface area (Å²) >= 11 is 5.83. The highest BCUT2D eigenvalue weighted by molar-refractivity contribution is 6.30. The van der Waals surface area contributed by atoms with Crippen LogP contribution in [0.4, 0.5) is 18.0 Å². The van der Waals surface area contributed by atoms with Crippen LogP contribution >= 0.6 is 11.6 Å². The third-order valence-electron chi connectivity index (χ3n) is 3.63. The molecular formula is C15H12ClF3N4O3. The lowest BCUT2D eigenvalue weighted by Gasteiger charge is -2.19. The van der Waals surface area contributed by atoms with Gasteiger partial charge in [-0.3, -0.25) is 4.79 Å². The van der Waals surface area contributed by atoms with Gasteiger partial charge in [0.1, 0.15) is 0 Å². The number of alkyl carbamates (subject to hydrolysis) is 1. The number of nitrogens with zero attached hydrogens (tertiary/aromatic N) is 1. The van der Waals surface area contributed by atoms with Crippen molar-refractivity contribution in [3.05, 3.63) is 52.6 Å². The second kappa shape index (κ2) is 6.87. The van der Waals surface area contributed by atoms with E-state index in [0.717, 1.165) is 6.20 Å². The smallest absolute Gasteiger partial charge is 0.434 e. The number of aromatic amines is 1. The van der Waals surface area contributed by atoms with Crippen molar-refractivity contribution in [2.24, 2.45) is 0 Å². The number of imidazole rings is 1. The van der Waals surface area contributed by atoms with E-state index in [0.29, 0.717) is 10.6 Å². The Morgan fingerprint density at radius 1 is 1.35 bits per heavy atom. The van der Waals surface area contributed by atoms with Crippen molar-refractivity contribution in [1.82, 2.24) is 20.6 Å². The summed E-state index contributed by atoms with van der Waals surface area (Å²) in [7, 11) is 0. The molecule has 1 aliphatic heterocycles. The lowest BCUT2D eigenvalue weighted by molar-refractivity contribution is -0.144. The highest BCUT2D eigenvalue weighted by Gasteiger charge is 2.36. The minimum Gasteiger partial charge on any atom is -0.434 e. The van der Waals surface area contributed by atoms with Gasteiger partial charge in [-0.25, -0.2) is 9.78 Å². The van der Waals surface area contributed by atoms with Crippen LogP contribution in [0.1, 0.15) is 23.1 Å². The third kappa shape index (κ3) is 3.90. The van der Waals surface area contributed by atoms with Crippen LogP contribution in [0.15, 0.2) is 30.5 Å². The maximum Gasteiger partial charge on any atom is 0.449 e. The topological polar surface area (TPSA) is 96.1 Å². The number of halogens is 4. The van der Waals surface area contributed by atoms with Crippen molar-refractivity contribution in [2.45, 2.75) is 18.3 Å². The minimum atomic E-state index is -4.66. The predicted molar refractivity (Wildman–Crippen MR) is 83.3 cm³/mol. The first kappa shape index (κ1) is 18.1. The molecule has 3 N–H and O–H groups in total. The third-order valence-corrected chi connectivity index (χ3v) is 3.88. The Bertz CT molecular complexity index is 822. The molecule has 2 amide bonds. The summed E-state index contributed by atoms with van der Waals surface area (Å²) in [6.45, 7) is -0.0353. The molecule has 1 aromatic heterocycles. The molecule has 2 heterocycles. The Labute approximate surface area is 149 Å². The predicted octanol–water partition coefficient (Wildman–Crippen LogP) is 2.40. The monoisotopic (exact) mass is 388 g/mol. The zero-order valence-corrected chi connectivity index (χ0v) is 13.7. The molecule has 1 aromatic carbocycles. The quantitative estimate of drug-likeness (QED) is 0.749. The average Bonchev–Trinajstić information content (AvgIpc) is 3.22. The van der Waals surface area contributed by atoms with Gasteiger partial charge < -0.3 is 20.4 Å². The van der Waals surface area contributed by atoms with Crippen molar-refractivity contribution in [2.75, 3.05) is 6.54 Å². The number of alkyl halides is 3. The van der Waals surface area contributed by atoms with Crippen LogP contribution in [0.3, 0.4) is 0 Å². The van der Waals surface area contributed by atoms with E-state index in [4.69, 9.17) is 16.3 Å². The van der Waals surface area contributed by atoms with Gasteiger partial charge >= 0.3 is 12.3 Å². The first-order chi connectivity index (χ1) is 12.2. The number of carbonyl (C=O) groups excluding carboxylic acids is 2. The molecule has 1 saturated heterocycles. The average molecular weight is 389 g/mol. The molecule has 2 aromatic rings. The number of hydrogen-bond donors (Lipinski definition) is 3. The molecule has 2 atom stereocenters. The minimum absolute atomic E-state index is 0.0353. The molecule has 0 spiro atoms. The fraction of sp³-hybridized carbons (Fsp3) is 0.267. The van der Waals surface area contributed by atoms with Gasteiger partial charge in [-0.05, 0) is 17.7 Å². The molecule has 7 nitrogen and oxygen atoms in total. The summed E-state index contributed by atoms with van der Waals surface area (Å²) in [4.78, 5) is 28.9. The Morgan fingerprint density at radius 2 is 2.04 bits per heavy atom. The van der Waals surface area contributed by atoms with Crippen LogP contribution in [0.25, 0.3) is 0 Å². The first-order valence-corrected chi connectivity index (χ1v) is 7.74. The molecule has 3 rings (SSSR count). The zero-order chi connectivity index (χ0) is 18.9. The Kier molecular flexibility index (Phi) is 4.77. The lowest BCUT2D eigenvalue weighted by atomic mass is 10.0. The molecular weight excluding hydrogens is 377 g/mol. The van der Waals surface area contributed by atoms with E-state index < -0.39 is 36.1 Å². The number of rotatable bonds is 4. The Morgan fingerprint density at radius 3 is 2.58 bits per heavy atom. The highest BCUT2D eigenvalue weighted by Crippen LogP contribution is 2.29. The molecule has 1 unspecified atom stereocenters. The van der Waals surface area contributed by atoms with E-state index in [1.165, 1.54) is 12.1 Å². The van der Waals surface area contributed by atoms with Gasteiger partial charge in [-0.2, -0.15) is 13.2 Å². The first-order valence-electron chi connectivity index (χ1n) is 7.37. The second-order valence-electron chi connectivity index (χ2n) is 5.44. The molecule has 0 radical (unpaired) electrons. The Balaban J connectivity index is 1.89. The van der Waals surface area contributed by atoms with E-state index in [1.54, 1.807) is 12.1 Å². The normalized spacial score (nSPS) is 18.2. The molecule has 0 saturated carbocycles. The van der Waals surface area contributed by atoms with E-state index in [9.17, 15) is 22.8 Å². The van der Waals surface area contributed by atoms with Crippen LogP contribution in [0.2, 0.25) is 5.02 Å². The van der Waals surface area contributed by atoms with E-state index in [-0.39, 0.29) is 12.2 Å². The summed E-state index contributed by atoms with van der Waals surface area (Å²) < 4.78 is 43.2. The van der Waals surface area contributed by atoms with E-state index in [2.05, 4.69) is 15.6 Å². The summed E-state index contributed by atoms with van der Waals surface area (Å²) in [5.41, 5.74) is 0.408. The molecule has 138 valence electrons. The van der Waals surface area contributed by atoms with E-state index >= 15 is 0 Å². The molecule has 1 fully saturated rings. The van der Waals surface area contributed by atoms with E-state index in [1.807, 2.05) is 4.98 Å². The highest BCUT2D eigenvalue weighted by atomic mass is 35.5. The molecule has 0 aliphatic carbocycles. The van der Waals surface area contributed by atoms with Crippen molar-refractivity contribution in [1.29, 1.82) is 0 Å². The number of H-pyrrole nitrogens is 1. The number of aromatic nitrogens is 2. The van der Waals surface area contributed by atoms with Gasteiger partial charge in [0, 0.05) is 11.2 Å². The fourth-order valence-electron chi connectivity index (χ4n) is 2.38. The van der Waals surface area contributed by atoms with Crippen molar-refractivity contribution in [3.8, 4) is 0 Å². The standard InChI is InChI=1S/C15H12ClF3N4O3/c16-8-3-1-7(2-4-8)11(9-5-20-13(22-9)15(17,18)19)23-12(24)10-6-21-14(25)26-10/h1-5,10-11H,6H2,(H,20,22)(H,21,25)(H,23,24)/t10-,11?/m0/s1. The summed E-state index contributed by atoms with van der Waals surface area (Å²) in [6.07, 6.45) is -5.43. The molecule has 1 aliphatic rings. The SMILES string of the molecule is O=C1NC[C@@H](C(=O)NC(c2ccc(Cl)cc2)c2c[nH]c(C(F)(F)F)n2)O1. The van der Waals surface area contributed by atoms with Crippen LogP contribution in [-0.2, 0) is 15.7 Å². The van der Waals surface area contributed by atoms with Crippen LogP contribution in [0, 0.1) is 0 Å². The number of nitrogens with one attached hydrogen (secondary N) is 3. The Hall–Kier alpha value is -2.75. The van der Waals surface area contributed by atoms with Gasteiger partial charge in [0.2, 0.25) is 5.82 Å². The van der Waals surface area contributed by atoms with Crippen molar-refractivity contribution < 1.29 is 27.5 Å². The summed E-state index contributed by atoms with van der Waals surface area (Å²) in [5, 5.41) is 5.29. The zero-order valence-electron chi connectivity index (χ0n) is 12.9. The van der Waals surface area contributed by atoms with Crippen LogP contribution in [0.5, 0.6) is 0 Å². The second-order valence-corrected chi connectivity index (χ2v) is 5.88. The fourth-order valence-corrected chi connectivity index (χ4v) is 2.51. The maximum absolute atomic E-state index is 12.8. The largest absolute Gasteiger partial charge is 0.449 e. The van der Waals surface area contributed by atoms with Gasteiger partial charge in [0.05, 0.1) is 18.3 Å². The number of cyclic esters (lactones) is 1. The number of carbonyl (C=O) groups is 2. The van der Waals surface area contributed by atoms with Crippen molar-refractivity contribution in [3.63, 3.8) is 0 Å². The number of hydrogen-bond acceptors (Lipinski definition) is 4. The number of amides is 2.